The number of aromatic nitrogens is 6. The van der Waals surface area contributed by atoms with Gasteiger partial charge in [-0.2, -0.15) is 9.97 Å². The summed E-state index contributed by atoms with van der Waals surface area (Å²) in [7, 11) is 0. The van der Waals surface area contributed by atoms with Crippen molar-refractivity contribution in [2.24, 2.45) is 0 Å². The van der Waals surface area contributed by atoms with Crippen LogP contribution >= 0.6 is 23.2 Å². The zero-order valence-corrected chi connectivity index (χ0v) is 20.9. The molecule has 0 bridgehead atoms. The van der Waals surface area contributed by atoms with Crippen molar-refractivity contribution in [3.05, 3.63) is 72.7 Å². The number of hydrogen-bond acceptors (Lipinski definition) is 6. The van der Waals surface area contributed by atoms with Gasteiger partial charge in [0.1, 0.15) is 0 Å². The number of fused-ring (bicyclic) bond motifs is 1. The number of benzene rings is 1. The van der Waals surface area contributed by atoms with Gasteiger partial charge in [0.05, 0.1) is 5.41 Å². The maximum Gasteiger partial charge on any atom is 0.332 e. The SMILES string of the molecule is CCCCn1c(=O)n(CCCc2nc(C3(c4ccc(Cl)cc4)CCC3)no2)c(=O)c2[nH]c(Cl)nc21. The monoisotopic (exact) mass is 516 g/mol. The second kappa shape index (κ2) is 9.62. The molecule has 184 valence electrons. The van der Waals surface area contributed by atoms with Gasteiger partial charge in [0, 0.05) is 24.5 Å². The fourth-order valence-corrected chi connectivity index (χ4v) is 5.03. The molecule has 35 heavy (non-hydrogen) atoms. The fraction of sp³-hybridized carbons (Fsp3) is 0.458. The Bertz CT molecular complexity index is 1460. The van der Waals surface area contributed by atoms with Crippen molar-refractivity contribution in [1.82, 2.24) is 29.2 Å². The van der Waals surface area contributed by atoms with Gasteiger partial charge >= 0.3 is 5.69 Å². The van der Waals surface area contributed by atoms with E-state index in [0.717, 1.165) is 37.7 Å². The fourth-order valence-electron chi connectivity index (χ4n) is 4.73. The van der Waals surface area contributed by atoms with E-state index in [4.69, 9.17) is 27.7 Å². The zero-order valence-electron chi connectivity index (χ0n) is 19.4. The molecule has 9 nitrogen and oxygen atoms in total. The number of unbranched alkanes of at least 4 members (excludes halogenated alkanes) is 1. The summed E-state index contributed by atoms with van der Waals surface area (Å²) in [5, 5.41) is 5.06. The van der Waals surface area contributed by atoms with Crippen LogP contribution in [0.15, 0.2) is 38.4 Å². The molecule has 1 aliphatic carbocycles. The van der Waals surface area contributed by atoms with Gasteiger partial charge in [-0.05, 0) is 55.0 Å². The molecule has 11 heteroatoms. The predicted molar refractivity (Wildman–Crippen MR) is 133 cm³/mol. The topological polar surface area (TPSA) is 112 Å². The van der Waals surface area contributed by atoms with Crippen LogP contribution in [0.4, 0.5) is 0 Å². The number of aromatic amines is 1. The molecule has 1 aliphatic rings. The molecule has 0 amide bonds. The molecule has 0 spiro atoms. The summed E-state index contributed by atoms with van der Waals surface area (Å²) < 4.78 is 8.29. The molecule has 0 saturated heterocycles. The van der Waals surface area contributed by atoms with Crippen LogP contribution in [0.3, 0.4) is 0 Å². The minimum atomic E-state index is -0.431. The van der Waals surface area contributed by atoms with Gasteiger partial charge in [-0.3, -0.25) is 13.9 Å². The van der Waals surface area contributed by atoms with Gasteiger partial charge < -0.3 is 9.51 Å². The van der Waals surface area contributed by atoms with Crippen LogP contribution in [0.1, 0.15) is 62.7 Å². The molecule has 0 aliphatic heterocycles. The predicted octanol–water partition coefficient (Wildman–Crippen LogP) is 4.48. The molecule has 0 atom stereocenters. The lowest BCUT2D eigenvalue weighted by molar-refractivity contribution is 0.270. The molecule has 1 aromatic carbocycles. The Kier molecular flexibility index (Phi) is 6.55. The molecule has 0 unspecified atom stereocenters. The smallest absolute Gasteiger partial charge is 0.332 e. The van der Waals surface area contributed by atoms with E-state index in [0.29, 0.717) is 41.8 Å². The Morgan fingerprint density at radius 3 is 2.49 bits per heavy atom. The number of nitrogens with one attached hydrogen (secondary N) is 1. The first-order valence-electron chi connectivity index (χ1n) is 11.9. The number of imidazole rings is 1. The Morgan fingerprint density at radius 1 is 1.06 bits per heavy atom. The highest BCUT2D eigenvalue weighted by molar-refractivity contribution is 6.30. The number of aryl methyl sites for hydroxylation is 2. The van der Waals surface area contributed by atoms with E-state index >= 15 is 0 Å². The third kappa shape index (κ3) is 4.31. The van der Waals surface area contributed by atoms with Crippen molar-refractivity contribution < 1.29 is 4.52 Å². The Balaban J connectivity index is 1.35. The highest BCUT2D eigenvalue weighted by atomic mass is 35.5. The van der Waals surface area contributed by atoms with Gasteiger partial charge in [-0.15, -0.1) is 0 Å². The van der Waals surface area contributed by atoms with Gasteiger partial charge in [-0.1, -0.05) is 48.7 Å². The Hall–Kier alpha value is -2.91. The average molecular weight is 517 g/mol. The molecule has 4 aromatic rings. The van der Waals surface area contributed by atoms with E-state index < -0.39 is 5.56 Å². The molecule has 1 saturated carbocycles. The summed E-state index contributed by atoms with van der Waals surface area (Å²) in [5.74, 6) is 1.17. The number of rotatable bonds is 9. The van der Waals surface area contributed by atoms with Crippen LogP contribution in [0.2, 0.25) is 10.3 Å². The molecule has 1 fully saturated rings. The minimum Gasteiger partial charge on any atom is -0.339 e. The second-order valence-electron chi connectivity index (χ2n) is 9.03. The van der Waals surface area contributed by atoms with E-state index in [2.05, 4.69) is 20.1 Å². The van der Waals surface area contributed by atoms with E-state index in [9.17, 15) is 9.59 Å². The highest BCUT2D eigenvalue weighted by Crippen LogP contribution is 2.47. The summed E-state index contributed by atoms with van der Waals surface area (Å²) in [6, 6.07) is 7.80. The average Bonchev–Trinajstić information content (AvgIpc) is 3.43. The van der Waals surface area contributed by atoms with E-state index in [1.165, 1.54) is 9.13 Å². The van der Waals surface area contributed by atoms with Gasteiger partial charge in [0.2, 0.25) is 11.2 Å². The van der Waals surface area contributed by atoms with Crippen LogP contribution in [0.25, 0.3) is 11.2 Å². The maximum atomic E-state index is 13.1. The van der Waals surface area contributed by atoms with E-state index in [-0.39, 0.29) is 28.4 Å². The normalized spacial score (nSPS) is 14.9. The number of H-pyrrole nitrogens is 1. The summed E-state index contributed by atoms with van der Waals surface area (Å²) in [6.45, 7) is 2.72. The highest BCUT2D eigenvalue weighted by Gasteiger charge is 2.44. The van der Waals surface area contributed by atoms with Crippen LogP contribution in [0.5, 0.6) is 0 Å². The summed E-state index contributed by atoms with van der Waals surface area (Å²) in [5.41, 5.74) is 0.596. The van der Waals surface area contributed by atoms with Crippen molar-refractivity contribution in [2.45, 2.75) is 70.4 Å². The summed E-state index contributed by atoms with van der Waals surface area (Å²) in [4.78, 5) is 37.6. The molecule has 0 radical (unpaired) electrons. The first kappa shape index (κ1) is 23.8. The lowest BCUT2D eigenvalue weighted by atomic mass is 9.64. The zero-order chi connectivity index (χ0) is 24.6. The first-order chi connectivity index (χ1) is 16.9. The van der Waals surface area contributed by atoms with Crippen molar-refractivity contribution in [1.29, 1.82) is 0 Å². The Morgan fingerprint density at radius 2 is 1.80 bits per heavy atom. The van der Waals surface area contributed by atoms with Crippen molar-refractivity contribution >= 4 is 34.4 Å². The van der Waals surface area contributed by atoms with Crippen molar-refractivity contribution in [3.63, 3.8) is 0 Å². The third-order valence-electron chi connectivity index (χ3n) is 6.84. The maximum absolute atomic E-state index is 13.1. The van der Waals surface area contributed by atoms with Gasteiger partial charge in [0.15, 0.2) is 17.0 Å². The van der Waals surface area contributed by atoms with E-state index in [1.54, 1.807) is 0 Å². The molecular formula is C24H26Cl2N6O3. The molecule has 5 rings (SSSR count). The number of nitrogens with zero attached hydrogens (tertiary/aromatic N) is 5. The lowest BCUT2D eigenvalue weighted by Gasteiger charge is -2.39. The number of hydrogen-bond donors (Lipinski definition) is 1. The van der Waals surface area contributed by atoms with Gasteiger partial charge in [-0.25, -0.2) is 4.79 Å². The van der Waals surface area contributed by atoms with Crippen LogP contribution in [-0.2, 0) is 24.9 Å². The second-order valence-corrected chi connectivity index (χ2v) is 9.82. The standard InChI is InChI=1S/C24H26Cl2N6O3/c1-2-3-13-31-19-18(28-22(26)29-19)20(33)32(23(31)34)14-4-6-17-27-21(30-35-17)24(11-5-12-24)15-7-9-16(25)10-8-15/h7-10H,2-6,11-14H2,1H3,(H,28,29). The summed E-state index contributed by atoms with van der Waals surface area (Å²) >= 11 is 12.1. The van der Waals surface area contributed by atoms with Crippen LogP contribution < -0.4 is 11.2 Å². The van der Waals surface area contributed by atoms with E-state index in [1.807, 2.05) is 31.2 Å². The first-order valence-corrected chi connectivity index (χ1v) is 12.7. The molecule has 1 N–H and O–H groups in total. The number of halogens is 2. The van der Waals surface area contributed by atoms with Crippen LogP contribution in [-0.4, -0.2) is 29.2 Å². The molecule has 3 aromatic heterocycles. The van der Waals surface area contributed by atoms with Crippen molar-refractivity contribution in [2.75, 3.05) is 0 Å². The minimum absolute atomic E-state index is 0.0866. The van der Waals surface area contributed by atoms with Gasteiger partial charge in [0.25, 0.3) is 5.56 Å². The lowest BCUT2D eigenvalue weighted by Crippen LogP contribution is -2.40. The summed E-state index contributed by atoms with van der Waals surface area (Å²) in [6.07, 6.45) is 5.64. The largest absolute Gasteiger partial charge is 0.339 e. The Labute approximate surface area is 211 Å². The molecule has 3 heterocycles. The quantitative estimate of drug-likeness (QED) is 0.328. The van der Waals surface area contributed by atoms with Crippen LogP contribution in [0, 0.1) is 0 Å². The van der Waals surface area contributed by atoms with Crippen molar-refractivity contribution in [3.8, 4) is 0 Å². The third-order valence-corrected chi connectivity index (χ3v) is 7.27. The molecular weight excluding hydrogens is 491 g/mol.